The first-order valence-electron chi connectivity index (χ1n) is 10.1. The third kappa shape index (κ3) is 4.46. The monoisotopic (exact) mass is 438 g/mol. The van der Waals surface area contributed by atoms with Crippen LogP contribution < -0.4 is 4.31 Å². The number of carbonyl (C=O) groups is 1. The van der Waals surface area contributed by atoms with Gasteiger partial charge in [-0.05, 0) is 49.2 Å². The SMILES string of the molecule is CN(c1ccccc1)S(=O)(=O)c1cccc(C(=O)N(Cc2ccccc2F)C2CC2)c1. The Morgan fingerprint density at radius 1 is 0.968 bits per heavy atom. The zero-order valence-corrected chi connectivity index (χ0v) is 17.9. The lowest BCUT2D eigenvalue weighted by atomic mass is 10.1. The van der Waals surface area contributed by atoms with E-state index in [1.54, 1.807) is 59.5 Å². The largest absolute Gasteiger partial charge is 0.331 e. The molecule has 0 atom stereocenters. The molecular weight excluding hydrogens is 415 g/mol. The second-order valence-corrected chi connectivity index (χ2v) is 9.56. The van der Waals surface area contributed by atoms with E-state index in [0.717, 1.165) is 12.8 Å². The Balaban J connectivity index is 1.62. The summed E-state index contributed by atoms with van der Waals surface area (Å²) < 4.78 is 41.6. The van der Waals surface area contributed by atoms with Crippen LogP contribution in [-0.2, 0) is 16.6 Å². The summed E-state index contributed by atoms with van der Waals surface area (Å²) in [5.41, 5.74) is 1.24. The third-order valence-corrected chi connectivity index (χ3v) is 7.19. The molecule has 7 heteroatoms. The number of nitrogens with zero attached hydrogens (tertiary/aromatic N) is 2. The number of para-hydroxylation sites is 1. The molecule has 0 spiro atoms. The van der Waals surface area contributed by atoms with Crippen LogP contribution in [0.3, 0.4) is 0 Å². The number of carbonyl (C=O) groups excluding carboxylic acids is 1. The van der Waals surface area contributed by atoms with Gasteiger partial charge >= 0.3 is 0 Å². The minimum atomic E-state index is -3.84. The maximum Gasteiger partial charge on any atom is 0.264 e. The Bertz CT molecular complexity index is 1190. The summed E-state index contributed by atoms with van der Waals surface area (Å²) >= 11 is 0. The number of rotatable bonds is 7. The van der Waals surface area contributed by atoms with Crippen LogP contribution in [0.5, 0.6) is 0 Å². The fourth-order valence-electron chi connectivity index (χ4n) is 3.45. The molecule has 0 saturated heterocycles. The van der Waals surface area contributed by atoms with Crippen LogP contribution in [0, 0.1) is 5.82 Å². The zero-order valence-electron chi connectivity index (χ0n) is 17.1. The summed E-state index contributed by atoms with van der Waals surface area (Å²) in [5, 5.41) is 0. The van der Waals surface area contributed by atoms with Gasteiger partial charge in [0.25, 0.3) is 15.9 Å². The average molecular weight is 439 g/mol. The summed E-state index contributed by atoms with van der Waals surface area (Å²) in [6.07, 6.45) is 1.71. The van der Waals surface area contributed by atoms with Crippen LogP contribution in [0.15, 0.2) is 83.8 Å². The molecule has 160 valence electrons. The lowest BCUT2D eigenvalue weighted by molar-refractivity contribution is 0.0728. The van der Waals surface area contributed by atoms with E-state index >= 15 is 0 Å². The molecule has 1 fully saturated rings. The number of amides is 1. The van der Waals surface area contributed by atoms with Crippen LogP contribution in [0.25, 0.3) is 0 Å². The minimum Gasteiger partial charge on any atom is -0.331 e. The fraction of sp³-hybridized carbons (Fsp3) is 0.208. The van der Waals surface area contributed by atoms with E-state index < -0.39 is 10.0 Å². The molecule has 4 rings (SSSR count). The van der Waals surface area contributed by atoms with Gasteiger partial charge in [-0.1, -0.05) is 42.5 Å². The first-order chi connectivity index (χ1) is 14.9. The number of hydrogen-bond acceptors (Lipinski definition) is 3. The van der Waals surface area contributed by atoms with Gasteiger partial charge in [-0.25, -0.2) is 12.8 Å². The lowest BCUT2D eigenvalue weighted by Crippen LogP contribution is -2.33. The maximum absolute atomic E-state index is 14.1. The smallest absolute Gasteiger partial charge is 0.264 e. The molecule has 3 aromatic rings. The Morgan fingerprint density at radius 2 is 1.65 bits per heavy atom. The fourth-order valence-corrected chi connectivity index (χ4v) is 4.70. The van der Waals surface area contributed by atoms with Gasteiger partial charge in [0.05, 0.1) is 10.6 Å². The van der Waals surface area contributed by atoms with Gasteiger partial charge < -0.3 is 4.90 Å². The van der Waals surface area contributed by atoms with Crippen LogP contribution >= 0.6 is 0 Å². The molecule has 1 amide bonds. The summed E-state index contributed by atoms with van der Waals surface area (Å²) in [6, 6.07) is 21.2. The zero-order chi connectivity index (χ0) is 22.0. The van der Waals surface area contributed by atoms with Crippen LogP contribution in [0.4, 0.5) is 10.1 Å². The summed E-state index contributed by atoms with van der Waals surface area (Å²) in [7, 11) is -2.36. The molecule has 0 bridgehead atoms. The molecule has 0 heterocycles. The molecule has 0 N–H and O–H groups in total. The lowest BCUT2D eigenvalue weighted by Gasteiger charge is -2.24. The molecule has 1 saturated carbocycles. The maximum atomic E-state index is 14.1. The summed E-state index contributed by atoms with van der Waals surface area (Å²) in [4.78, 5) is 14.9. The van der Waals surface area contributed by atoms with Gasteiger partial charge in [-0.15, -0.1) is 0 Å². The van der Waals surface area contributed by atoms with Gasteiger partial charge in [0.2, 0.25) is 0 Å². The normalized spacial score (nSPS) is 13.6. The Kier molecular flexibility index (Phi) is 5.78. The Hall–Kier alpha value is -3.19. The number of halogens is 1. The van der Waals surface area contributed by atoms with Crippen LogP contribution in [0.2, 0.25) is 0 Å². The Morgan fingerprint density at radius 3 is 2.32 bits per heavy atom. The van der Waals surface area contributed by atoms with Gasteiger partial charge in [-0.3, -0.25) is 9.10 Å². The van der Waals surface area contributed by atoms with E-state index in [9.17, 15) is 17.6 Å². The second-order valence-electron chi connectivity index (χ2n) is 7.59. The van der Waals surface area contributed by atoms with E-state index in [0.29, 0.717) is 11.3 Å². The van der Waals surface area contributed by atoms with E-state index in [-0.39, 0.29) is 34.8 Å². The van der Waals surface area contributed by atoms with E-state index in [1.807, 2.05) is 6.07 Å². The first-order valence-corrected chi connectivity index (χ1v) is 11.5. The third-order valence-electron chi connectivity index (χ3n) is 5.41. The molecule has 5 nitrogen and oxygen atoms in total. The quantitative estimate of drug-likeness (QED) is 0.547. The standard InChI is InChI=1S/C24H23FN2O3S/c1-26(20-10-3-2-4-11-20)31(29,30)22-12-7-9-18(16-22)24(28)27(21-14-15-21)17-19-8-5-6-13-23(19)25/h2-13,16,21H,14-15,17H2,1H3. The molecule has 0 aromatic heterocycles. The molecular formula is C24H23FN2O3S. The topological polar surface area (TPSA) is 57.7 Å². The van der Waals surface area contributed by atoms with Crippen molar-refractivity contribution in [3.05, 3.63) is 95.8 Å². The molecule has 0 unspecified atom stereocenters. The second kappa shape index (κ2) is 8.51. The van der Waals surface area contributed by atoms with Crippen molar-refractivity contribution >= 4 is 21.6 Å². The molecule has 0 aliphatic heterocycles. The van der Waals surface area contributed by atoms with E-state index in [1.165, 1.54) is 29.6 Å². The molecule has 31 heavy (non-hydrogen) atoms. The van der Waals surface area contributed by atoms with Crippen molar-refractivity contribution < 1.29 is 17.6 Å². The van der Waals surface area contributed by atoms with Crippen molar-refractivity contribution in [3.8, 4) is 0 Å². The molecule has 0 radical (unpaired) electrons. The molecule has 1 aliphatic rings. The number of benzene rings is 3. The highest BCUT2D eigenvalue weighted by molar-refractivity contribution is 7.92. The Labute approximate surface area is 181 Å². The van der Waals surface area contributed by atoms with E-state index in [4.69, 9.17) is 0 Å². The highest BCUT2D eigenvalue weighted by Crippen LogP contribution is 2.31. The van der Waals surface area contributed by atoms with Crippen molar-refractivity contribution in [2.24, 2.45) is 0 Å². The highest BCUT2D eigenvalue weighted by Gasteiger charge is 2.34. The highest BCUT2D eigenvalue weighted by atomic mass is 32.2. The number of hydrogen-bond donors (Lipinski definition) is 0. The van der Waals surface area contributed by atoms with Gasteiger partial charge in [0.1, 0.15) is 5.82 Å². The van der Waals surface area contributed by atoms with Crippen molar-refractivity contribution in [1.82, 2.24) is 4.90 Å². The van der Waals surface area contributed by atoms with Crippen molar-refractivity contribution in [2.45, 2.75) is 30.3 Å². The van der Waals surface area contributed by atoms with Gasteiger partial charge in [0.15, 0.2) is 0 Å². The number of sulfonamides is 1. The minimum absolute atomic E-state index is 0.0336. The average Bonchev–Trinajstić information content (AvgIpc) is 3.63. The summed E-state index contributed by atoms with van der Waals surface area (Å²) in [5.74, 6) is -0.660. The predicted octanol–water partition coefficient (Wildman–Crippen LogP) is 4.46. The van der Waals surface area contributed by atoms with Gasteiger partial charge in [0, 0.05) is 30.8 Å². The van der Waals surface area contributed by atoms with Crippen LogP contribution in [-0.4, -0.2) is 32.3 Å². The molecule has 1 aliphatic carbocycles. The first kappa shape index (κ1) is 21.1. The van der Waals surface area contributed by atoms with Gasteiger partial charge in [-0.2, -0.15) is 0 Å². The van der Waals surface area contributed by atoms with Crippen molar-refractivity contribution in [2.75, 3.05) is 11.4 Å². The van der Waals surface area contributed by atoms with Crippen molar-refractivity contribution in [1.29, 1.82) is 0 Å². The number of anilines is 1. The summed E-state index contributed by atoms with van der Waals surface area (Å²) in [6.45, 7) is 0.150. The molecule has 3 aromatic carbocycles. The predicted molar refractivity (Wildman–Crippen MR) is 118 cm³/mol. The van der Waals surface area contributed by atoms with Crippen LogP contribution in [0.1, 0.15) is 28.8 Å². The van der Waals surface area contributed by atoms with Crippen molar-refractivity contribution in [3.63, 3.8) is 0 Å². The van der Waals surface area contributed by atoms with E-state index in [2.05, 4.69) is 0 Å².